The number of aromatic amines is 1. The van der Waals surface area contributed by atoms with Crippen molar-refractivity contribution in [1.29, 1.82) is 0 Å². The zero-order chi connectivity index (χ0) is 20.0. The third-order valence-corrected chi connectivity index (χ3v) is 5.80. The van der Waals surface area contributed by atoms with Gasteiger partial charge in [0.1, 0.15) is 0 Å². The summed E-state index contributed by atoms with van der Waals surface area (Å²) >= 11 is 0. The predicted octanol–water partition coefficient (Wildman–Crippen LogP) is 3.26. The molecule has 4 aromatic rings. The van der Waals surface area contributed by atoms with Gasteiger partial charge in [-0.3, -0.25) is 9.59 Å². The Kier molecular flexibility index (Phi) is 4.12. The number of carbonyl (C=O) groups is 2. The summed E-state index contributed by atoms with van der Waals surface area (Å²) < 4.78 is 1.99. The largest absolute Gasteiger partial charge is 0.360 e. The van der Waals surface area contributed by atoms with Crippen LogP contribution in [0.3, 0.4) is 0 Å². The molecule has 2 aromatic carbocycles. The molecule has 146 valence electrons. The number of benzene rings is 2. The Morgan fingerprint density at radius 3 is 2.10 bits per heavy atom. The van der Waals surface area contributed by atoms with Crippen LogP contribution in [0.25, 0.3) is 21.8 Å². The molecule has 0 radical (unpaired) electrons. The van der Waals surface area contributed by atoms with Crippen molar-refractivity contribution in [2.45, 2.75) is 0 Å². The summed E-state index contributed by atoms with van der Waals surface area (Å²) in [5.74, 6) is 0.0423. The van der Waals surface area contributed by atoms with Gasteiger partial charge >= 0.3 is 0 Å². The lowest BCUT2D eigenvalue weighted by atomic mass is 10.1. The van der Waals surface area contributed by atoms with Gasteiger partial charge in [0.25, 0.3) is 11.8 Å². The first-order valence-electron chi connectivity index (χ1n) is 9.82. The number of nitrogens with zero attached hydrogens (tertiary/aromatic N) is 3. The molecule has 0 aliphatic carbocycles. The van der Waals surface area contributed by atoms with Crippen molar-refractivity contribution in [3.05, 3.63) is 72.1 Å². The number of fused-ring (bicyclic) bond motifs is 2. The van der Waals surface area contributed by atoms with E-state index in [0.29, 0.717) is 31.7 Å². The predicted molar refractivity (Wildman–Crippen MR) is 113 cm³/mol. The molecule has 29 heavy (non-hydrogen) atoms. The lowest BCUT2D eigenvalue weighted by molar-refractivity contribution is 0.0537. The minimum Gasteiger partial charge on any atom is -0.360 e. The van der Waals surface area contributed by atoms with Gasteiger partial charge in [-0.15, -0.1) is 0 Å². The number of hydrogen-bond donors (Lipinski definition) is 1. The minimum absolute atomic E-state index is 0.0136. The van der Waals surface area contributed by atoms with Gasteiger partial charge in [-0.1, -0.05) is 36.4 Å². The van der Waals surface area contributed by atoms with E-state index in [1.807, 2.05) is 76.1 Å². The van der Waals surface area contributed by atoms with Gasteiger partial charge in [-0.25, -0.2) is 0 Å². The van der Waals surface area contributed by atoms with Crippen LogP contribution in [0, 0.1) is 0 Å². The first-order chi connectivity index (χ1) is 14.1. The van der Waals surface area contributed by atoms with Crippen LogP contribution >= 0.6 is 0 Å². The average molecular weight is 386 g/mol. The Balaban J connectivity index is 1.32. The van der Waals surface area contributed by atoms with Crippen LogP contribution in [0.4, 0.5) is 0 Å². The molecule has 0 spiro atoms. The number of amides is 2. The summed E-state index contributed by atoms with van der Waals surface area (Å²) in [7, 11) is 1.96. The van der Waals surface area contributed by atoms with Crippen molar-refractivity contribution in [3.8, 4) is 0 Å². The Bertz CT molecular complexity index is 1230. The van der Waals surface area contributed by atoms with E-state index in [2.05, 4.69) is 4.98 Å². The standard InChI is InChI=1S/C23H22N4O2/c1-25-15-19(17-7-3-5-9-21(17)25)23(29)27-12-10-26(11-13-27)22(28)18-14-24-20-8-4-2-6-16(18)20/h2-9,14-15,24H,10-13H2,1H3. The van der Waals surface area contributed by atoms with E-state index in [9.17, 15) is 9.59 Å². The summed E-state index contributed by atoms with van der Waals surface area (Å²) in [5, 5.41) is 1.91. The molecule has 2 amide bonds. The Labute approximate surface area is 168 Å². The quantitative estimate of drug-likeness (QED) is 0.575. The van der Waals surface area contributed by atoms with Gasteiger partial charge in [-0.2, -0.15) is 0 Å². The fraction of sp³-hybridized carbons (Fsp3) is 0.217. The maximum Gasteiger partial charge on any atom is 0.256 e. The van der Waals surface area contributed by atoms with E-state index in [-0.39, 0.29) is 11.8 Å². The highest BCUT2D eigenvalue weighted by molar-refractivity contribution is 6.08. The number of aromatic nitrogens is 2. The summed E-state index contributed by atoms with van der Waals surface area (Å²) in [5.41, 5.74) is 3.42. The Morgan fingerprint density at radius 1 is 0.793 bits per heavy atom. The number of carbonyl (C=O) groups excluding carboxylic acids is 2. The monoisotopic (exact) mass is 386 g/mol. The molecule has 1 aliphatic rings. The number of para-hydroxylation sites is 2. The van der Waals surface area contributed by atoms with E-state index in [4.69, 9.17) is 0 Å². The molecular formula is C23H22N4O2. The zero-order valence-electron chi connectivity index (χ0n) is 16.3. The molecule has 0 atom stereocenters. The number of rotatable bonds is 2. The van der Waals surface area contributed by atoms with Crippen LogP contribution in [0.5, 0.6) is 0 Å². The summed E-state index contributed by atoms with van der Waals surface area (Å²) in [4.78, 5) is 33.0. The van der Waals surface area contributed by atoms with Crippen LogP contribution < -0.4 is 0 Å². The molecular weight excluding hydrogens is 364 g/mol. The van der Waals surface area contributed by atoms with E-state index in [1.165, 1.54) is 0 Å². The fourth-order valence-electron chi connectivity index (χ4n) is 4.21. The molecule has 1 aliphatic heterocycles. The number of nitrogens with one attached hydrogen (secondary N) is 1. The highest BCUT2D eigenvalue weighted by Gasteiger charge is 2.28. The highest BCUT2D eigenvalue weighted by atomic mass is 16.2. The second-order valence-electron chi connectivity index (χ2n) is 7.50. The molecule has 1 fully saturated rings. The number of H-pyrrole nitrogens is 1. The third kappa shape index (κ3) is 2.88. The second kappa shape index (κ2) is 6.81. The SMILES string of the molecule is Cn1cc(C(=O)N2CCN(C(=O)c3c[nH]c4ccccc34)CC2)c2ccccc21. The fourth-order valence-corrected chi connectivity index (χ4v) is 4.21. The number of aryl methyl sites for hydroxylation is 1. The van der Waals surface area contributed by atoms with Crippen LogP contribution in [0.15, 0.2) is 60.9 Å². The third-order valence-electron chi connectivity index (χ3n) is 5.80. The van der Waals surface area contributed by atoms with E-state index in [0.717, 1.165) is 27.4 Å². The van der Waals surface area contributed by atoms with Crippen molar-refractivity contribution >= 4 is 33.6 Å². The van der Waals surface area contributed by atoms with Gasteiger partial charge in [0.05, 0.1) is 11.1 Å². The van der Waals surface area contributed by atoms with Crippen molar-refractivity contribution in [1.82, 2.24) is 19.4 Å². The van der Waals surface area contributed by atoms with E-state index >= 15 is 0 Å². The zero-order valence-corrected chi connectivity index (χ0v) is 16.3. The number of piperazine rings is 1. The normalized spacial score (nSPS) is 14.7. The van der Waals surface area contributed by atoms with Crippen LogP contribution in [0.2, 0.25) is 0 Å². The Hall–Kier alpha value is -3.54. The summed E-state index contributed by atoms with van der Waals surface area (Å²) in [6, 6.07) is 15.7. The molecule has 6 nitrogen and oxygen atoms in total. The molecule has 0 saturated carbocycles. The van der Waals surface area contributed by atoms with Crippen molar-refractivity contribution in [2.24, 2.45) is 7.05 Å². The molecule has 0 bridgehead atoms. The van der Waals surface area contributed by atoms with E-state index in [1.54, 1.807) is 6.20 Å². The Morgan fingerprint density at radius 2 is 1.38 bits per heavy atom. The topological polar surface area (TPSA) is 61.3 Å². The minimum atomic E-state index is 0.0136. The molecule has 1 N–H and O–H groups in total. The molecule has 6 heteroatoms. The van der Waals surface area contributed by atoms with Crippen molar-refractivity contribution in [2.75, 3.05) is 26.2 Å². The first-order valence-corrected chi connectivity index (χ1v) is 9.82. The van der Waals surface area contributed by atoms with Gasteiger partial charge in [0.15, 0.2) is 0 Å². The van der Waals surface area contributed by atoms with Gasteiger partial charge in [0.2, 0.25) is 0 Å². The van der Waals surface area contributed by atoms with Crippen LogP contribution in [0.1, 0.15) is 20.7 Å². The lowest BCUT2D eigenvalue weighted by Gasteiger charge is -2.34. The first kappa shape index (κ1) is 17.6. The molecule has 3 heterocycles. The summed E-state index contributed by atoms with van der Waals surface area (Å²) in [6.07, 6.45) is 3.68. The lowest BCUT2D eigenvalue weighted by Crippen LogP contribution is -2.50. The van der Waals surface area contributed by atoms with E-state index < -0.39 is 0 Å². The van der Waals surface area contributed by atoms with Crippen molar-refractivity contribution < 1.29 is 9.59 Å². The number of hydrogen-bond acceptors (Lipinski definition) is 2. The molecule has 5 rings (SSSR count). The summed E-state index contributed by atoms with van der Waals surface area (Å²) in [6.45, 7) is 2.15. The van der Waals surface area contributed by atoms with Crippen molar-refractivity contribution in [3.63, 3.8) is 0 Å². The molecule has 0 unspecified atom stereocenters. The second-order valence-corrected chi connectivity index (χ2v) is 7.50. The van der Waals surface area contributed by atoms with Crippen LogP contribution in [-0.2, 0) is 7.05 Å². The highest BCUT2D eigenvalue weighted by Crippen LogP contribution is 2.23. The maximum atomic E-state index is 13.1. The van der Waals surface area contributed by atoms with Crippen LogP contribution in [-0.4, -0.2) is 57.3 Å². The molecule has 1 saturated heterocycles. The maximum absolute atomic E-state index is 13.1. The van der Waals surface area contributed by atoms with Gasteiger partial charge < -0.3 is 19.4 Å². The molecule has 2 aromatic heterocycles. The smallest absolute Gasteiger partial charge is 0.256 e. The van der Waals surface area contributed by atoms with Gasteiger partial charge in [-0.05, 0) is 12.1 Å². The average Bonchev–Trinajstić information content (AvgIpc) is 3.35. The van der Waals surface area contributed by atoms with Gasteiger partial charge in [0, 0.05) is 67.4 Å².